The summed E-state index contributed by atoms with van der Waals surface area (Å²) < 4.78 is 37.7. The first-order valence-corrected chi connectivity index (χ1v) is 16.5. The number of aliphatic hydroxyl groups is 8. The van der Waals surface area contributed by atoms with Gasteiger partial charge >= 0.3 is 17.9 Å². The van der Waals surface area contributed by atoms with Crippen LogP contribution < -0.4 is 14.9 Å². The minimum atomic E-state index is -2.24. The average Bonchev–Trinajstić information content (AvgIpc) is 3.14. The van der Waals surface area contributed by atoms with E-state index in [1.165, 1.54) is 6.07 Å². The molecule has 3 saturated heterocycles. The topological polar surface area (TPSA) is 400 Å². The van der Waals surface area contributed by atoms with Crippen molar-refractivity contribution < 1.29 is 114 Å². The second kappa shape index (κ2) is 16.0. The number of fused-ring (bicyclic) bond motifs is 1. The number of rotatable bonds is 10. The second-order valence-electron chi connectivity index (χ2n) is 13.0. The summed E-state index contributed by atoms with van der Waals surface area (Å²) in [6.45, 7) is 0. The molecule has 0 unspecified atom stereocenters. The van der Waals surface area contributed by atoms with E-state index in [4.69, 9.17) is 32.8 Å². The number of hydrogen-bond acceptors (Lipinski definition) is 21. The molecule has 24 nitrogen and oxygen atoms in total. The third-order valence-electron chi connectivity index (χ3n) is 9.23. The lowest BCUT2D eigenvalue weighted by Gasteiger charge is -2.44. The summed E-state index contributed by atoms with van der Waals surface area (Å²) in [6, 6.07) is 6.03. The number of carboxylic acids is 3. The third kappa shape index (κ3) is 7.89. The van der Waals surface area contributed by atoms with Crippen molar-refractivity contribution in [1.29, 1.82) is 0 Å². The van der Waals surface area contributed by atoms with Crippen LogP contribution in [0.25, 0.3) is 22.3 Å². The molecule has 1 aromatic heterocycles. The predicted molar refractivity (Wildman–Crippen MR) is 174 cm³/mol. The normalized spacial score (nSPS) is 35.7. The van der Waals surface area contributed by atoms with Crippen LogP contribution in [-0.4, -0.2) is 176 Å². The van der Waals surface area contributed by atoms with E-state index in [2.05, 4.69) is 0 Å². The Kier molecular flexibility index (Phi) is 11.6. The minimum absolute atomic E-state index is 0.0165. The lowest BCUT2D eigenvalue weighted by molar-refractivity contribution is -0.350. The number of ether oxygens (including phenoxy) is 6. The fourth-order valence-electron chi connectivity index (χ4n) is 6.23. The Balaban J connectivity index is 1.28. The zero-order valence-electron chi connectivity index (χ0n) is 28.4. The van der Waals surface area contributed by atoms with Crippen LogP contribution in [0.4, 0.5) is 0 Å². The van der Waals surface area contributed by atoms with Gasteiger partial charge < -0.3 is 99.2 Å². The van der Waals surface area contributed by atoms with Crippen molar-refractivity contribution in [1.82, 2.24) is 0 Å². The highest BCUT2D eigenvalue weighted by Gasteiger charge is 2.54. The third-order valence-corrected chi connectivity index (χ3v) is 9.23. The fraction of sp³-hybridized carbons (Fsp3) is 0.455. The fourth-order valence-corrected chi connectivity index (χ4v) is 6.23. The molecule has 0 bridgehead atoms. The van der Waals surface area contributed by atoms with Gasteiger partial charge in [0.05, 0.1) is 0 Å². The number of phenols is 2. The Hall–Kier alpha value is -5.22. The molecule has 24 heteroatoms. The van der Waals surface area contributed by atoms with Crippen molar-refractivity contribution in [2.75, 3.05) is 0 Å². The van der Waals surface area contributed by atoms with E-state index in [0.29, 0.717) is 0 Å². The van der Waals surface area contributed by atoms with Crippen LogP contribution in [0.5, 0.6) is 23.0 Å². The van der Waals surface area contributed by atoms with E-state index >= 15 is 0 Å². The van der Waals surface area contributed by atoms with Gasteiger partial charge in [-0.25, -0.2) is 14.4 Å². The molecule has 3 aliphatic rings. The van der Waals surface area contributed by atoms with E-state index in [9.17, 15) is 85.6 Å². The van der Waals surface area contributed by atoms with E-state index < -0.39 is 149 Å². The first-order chi connectivity index (χ1) is 26.8. The molecule has 4 heterocycles. The van der Waals surface area contributed by atoms with Gasteiger partial charge in [-0.05, 0) is 18.2 Å². The molecule has 3 fully saturated rings. The van der Waals surface area contributed by atoms with Crippen molar-refractivity contribution in [2.24, 2.45) is 0 Å². The van der Waals surface area contributed by atoms with Crippen LogP contribution in [-0.2, 0) is 33.3 Å². The first-order valence-electron chi connectivity index (χ1n) is 16.5. The Morgan fingerprint density at radius 1 is 0.561 bits per heavy atom. The molecule has 2 aromatic carbocycles. The molecular formula is C33H34O24. The molecule has 57 heavy (non-hydrogen) atoms. The van der Waals surface area contributed by atoms with Gasteiger partial charge in [0.25, 0.3) is 0 Å². The summed E-state index contributed by atoms with van der Waals surface area (Å²) in [5, 5.41) is 131. The molecule has 6 rings (SSSR count). The number of aliphatic hydroxyl groups excluding tert-OH is 8. The summed E-state index contributed by atoms with van der Waals surface area (Å²) in [7, 11) is 0. The molecule has 310 valence electrons. The van der Waals surface area contributed by atoms with Crippen LogP contribution in [0.1, 0.15) is 0 Å². The standard InChI is InChI=1S/C33H34O24/c34-9-3-7(1-2-12(9)53-31-22(43)16(37)18(39)24(54-31)28(45)46)13-6-11(36)15-10(35)4-8(5-14(15)52-13)51-33-27(21(42)20(41)26(56-33)30(49)50)57-32-23(44)17(38)19(40)25(55-32)29(47)48/h1-6,16-27,31-35,37-44H,(H,45,46)(H,47,48)(H,49,50)/t16-,17-,18-,19-,20-,21-,22+,23-,24+,25-,26+,27+,31+,32-,33+/m0/s1. The zero-order chi connectivity index (χ0) is 41.8. The Bertz CT molecular complexity index is 2070. The summed E-state index contributed by atoms with van der Waals surface area (Å²) >= 11 is 0. The maximum atomic E-state index is 13.1. The second-order valence-corrected chi connectivity index (χ2v) is 13.0. The van der Waals surface area contributed by atoms with Crippen molar-refractivity contribution in [3.63, 3.8) is 0 Å². The van der Waals surface area contributed by atoms with E-state index in [1.54, 1.807) is 0 Å². The zero-order valence-corrected chi connectivity index (χ0v) is 28.4. The summed E-state index contributed by atoms with van der Waals surface area (Å²) in [4.78, 5) is 48.0. The molecule has 0 amide bonds. The molecule has 3 aliphatic heterocycles. The van der Waals surface area contributed by atoms with Crippen LogP contribution in [0, 0.1) is 0 Å². The molecule has 13 N–H and O–H groups in total. The van der Waals surface area contributed by atoms with Gasteiger partial charge in [-0.2, -0.15) is 0 Å². The van der Waals surface area contributed by atoms with E-state index in [1.807, 2.05) is 0 Å². The number of aromatic hydroxyl groups is 2. The Morgan fingerprint density at radius 2 is 1.09 bits per heavy atom. The Labute approximate surface area is 315 Å². The lowest BCUT2D eigenvalue weighted by atomic mass is 9.97. The maximum absolute atomic E-state index is 13.1. The molecule has 0 aliphatic carbocycles. The SMILES string of the molecule is O=C(O)[C@H]1O[C@@H](O[C@H]2[C@H](Oc3cc(O)c4c(=O)cc(-c5ccc(O[C@@H]6O[C@@H](C(=O)O)[C@@H](O)[C@H](O)[C@H]6O)c(O)c5)oc4c3)O[C@@H](C(=O)O)[C@@H](O)[C@@H]2O)[C@@H](O)[C@@H](O)[C@@H]1O. The highest BCUT2D eigenvalue weighted by atomic mass is 16.8. The number of hydrogen-bond donors (Lipinski definition) is 13. The average molecular weight is 815 g/mol. The number of carbonyl (C=O) groups is 3. The molecule has 0 radical (unpaired) electrons. The van der Waals surface area contributed by atoms with Crippen molar-refractivity contribution in [3.05, 3.63) is 46.6 Å². The summed E-state index contributed by atoms with van der Waals surface area (Å²) in [5.74, 6) is -7.88. The molecule has 3 aromatic rings. The van der Waals surface area contributed by atoms with Crippen LogP contribution in [0.3, 0.4) is 0 Å². The number of aliphatic carboxylic acids is 3. The monoisotopic (exact) mass is 814 g/mol. The van der Waals surface area contributed by atoms with Gasteiger partial charge in [0.15, 0.2) is 47.6 Å². The van der Waals surface area contributed by atoms with Gasteiger partial charge in [0.1, 0.15) is 77.1 Å². The van der Waals surface area contributed by atoms with Crippen LogP contribution in [0.15, 0.2) is 45.6 Å². The first kappa shape index (κ1) is 41.4. The van der Waals surface area contributed by atoms with Gasteiger partial charge in [0, 0.05) is 23.8 Å². The number of phenolic OH excluding ortho intramolecular Hbond substituents is 2. The van der Waals surface area contributed by atoms with Gasteiger partial charge in [0.2, 0.25) is 12.6 Å². The van der Waals surface area contributed by atoms with Crippen molar-refractivity contribution in [2.45, 2.75) is 92.1 Å². The van der Waals surface area contributed by atoms with E-state index in [-0.39, 0.29) is 11.3 Å². The summed E-state index contributed by atoms with van der Waals surface area (Å²) in [5.41, 5.74) is -1.27. The van der Waals surface area contributed by atoms with Gasteiger partial charge in [-0.1, -0.05) is 0 Å². The number of benzene rings is 2. The highest BCUT2D eigenvalue weighted by molar-refractivity contribution is 5.86. The lowest BCUT2D eigenvalue weighted by Crippen LogP contribution is -2.66. The van der Waals surface area contributed by atoms with Crippen molar-refractivity contribution in [3.8, 4) is 34.3 Å². The molecule has 15 atom stereocenters. The van der Waals surface area contributed by atoms with E-state index in [0.717, 1.165) is 30.3 Å². The smallest absolute Gasteiger partial charge is 0.335 e. The van der Waals surface area contributed by atoms with Crippen LogP contribution >= 0.6 is 0 Å². The quantitative estimate of drug-likeness (QED) is 0.0914. The largest absolute Gasteiger partial charge is 0.507 e. The molecule has 0 saturated carbocycles. The Morgan fingerprint density at radius 3 is 1.65 bits per heavy atom. The van der Waals surface area contributed by atoms with Gasteiger partial charge in [-0.3, -0.25) is 4.79 Å². The predicted octanol–water partition coefficient (Wildman–Crippen LogP) is -4.67. The summed E-state index contributed by atoms with van der Waals surface area (Å²) in [6.07, 6.45) is -31.5. The van der Waals surface area contributed by atoms with Crippen LogP contribution in [0.2, 0.25) is 0 Å². The van der Waals surface area contributed by atoms with Crippen molar-refractivity contribution >= 4 is 28.9 Å². The molecule has 0 spiro atoms. The number of carboxylic acid groups (broad SMARTS) is 3. The highest BCUT2D eigenvalue weighted by Crippen LogP contribution is 2.38. The van der Waals surface area contributed by atoms with Gasteiger partial charge in [-0.15, -0.1) is 0 Å². The molecular weight excluding hydrogens is 780 g/mol. The minimum Gasteiger partial charge on any atom is -0.507 e. The maximum Gasteiger partial charge on any atom is 0.335 e.